The highest BCUT2D eigenvalue weighted by molar-refractivity contribution is 7.89. The van der Waals surface area contributed by atoms with Gasteiger partial charge in [-0.25, -0.2) is 17.9 Å². The number of hydrogen-bond acceptors (Lipinski definition) is 5. The Morgan fingerprint density at radius 1 is 1.04 bits per heavy atom. The lowest BCUT2D eigenvalue weighted by atomic mass is 10.2. The Labute approximate surface area is 159 Å². The van der Waals surface area contributed by atoms with Gasteiger partial charge >= 0.3 is 6.09 Å². The lowest BCUT2D eigenvalue weighted by molar-refractivity contribution is 0.0636. The Bertz CT molecular complexity index is 861. The van der Waals surface area contributed by atoms with Gasteiger partial charge in [0.2, 0.25) is 10.0 Å². The summed E-state index contributed by atoms with van der Waals surface area (Å²) in [7, 11) is -3.56. The molecule has 8 heteroatoms. The predicted octanol–water partition coefficient (Wildman–Crippen LogP) is 3.39. The quantitative estimate of drug-likeness (QED) is 0.705. The summed E-state index contributed by atoms with van der Waals surface area (Å²) in [6.45, 7) is 5.59. The SMILES string of the molecule is CC(C)(C)OC(=O)Nc1cccc(OCCNS(=O)(=O)c2ccccc2)c1. The number of anilines is 1. The van der Waals surface area contributed by atoms with Crippen LogP contribution in [0.4, 0.5) is 10.5 Å². The van der Waals surface area contributed by atoms with Crippen LogP contribution in [0.5, 0.6) is 5.75 Å². The number of carbonyl (C=O) groups excluding carboxylic acids is 1. The highest BCUT2D eigenvalue weighted by Crippen LogP contribution is 2.18. The summed E-state index contributed by atoms with van der Waals surface area (Å²) in [6, 6.07) is 14.9. The first-order valence-electron chi connectivity index (χ1n) is 8.43. The van der Waals surface area contributed by atoms with Crippen molar-refractivity contribution >= 4 is 21.8 Å². The fourth-order valence-corrected chi connectivity index (χ4v) is 3.15. The van der Waals surface area contributed by atoms with Gasteiger partial charge < -0.3 is 9.47 Å². The molecule has 0 heterocycles. The molecule has 2 aromatic carbocycles. The van der Waals surface area contributed by atoms with E-state index in [4.69, 9.17) is 9.47 Å². The Morgan fingerprint density at radius 2 is 1.74 bits per heavy atom. The van der Waals surface area contributed by atoms with Crippen molar-refractivity contribution in [1.82, 2.24) is 4.72 Å². The number of rotatable bonds is 7. The minimum Gasteiger partial charge on any atom is -0.492 e. The third-order valence-electron chi connectivity index (χ3n) is 3.20. The van der Waals surface area contributed by atoms with E-state index in [0.717, 1.165) is 0 Å². The number of carbonyl (C=O) groups is 1. The zero-order chi connectivity index (χ0) is 19.9. The molecule has 7 nitrogen and oxygen atoms in total. The van der Waals surface area contributed by atoms with Gasteiger partial charge in [0, 0.05) is 18.3 Å². The molecule has 0 aliphatic carbocycles. The second-order valence-electron chi connectivity index (χ2n) is 6.71. The summed E-state index contributed by atoms with van der Waals surface area (Å²) < 4.78 is 37.4. The second kappa shape index (κ2) is 8.88. The van der Waals surface area contributed by atoms with Crippen LogP contribution in [0.25, 0.3) is 0 Å². The Balaban J connectivity index is 1.84. The van der Waals surface area contributed by atoms with Crippen molar-refractivity contribution in [2.45, 2.75) is 31.3 Å². The van der Waals surface area contributed by atoms with Crippen LogP contribution < -0.4 is 14.8 Å². The standard InChI is InChI=1S/C19H24N2O5S/c1-19(2,3)26-18(22)21-15-8-7-9-16(14-15)25-13-12-20-27(23,24)17-10-5-4-6-11-17/h4-11,14,20H,12-13H2,1-3H3,(H,21,22). The summed E-state index contributed by atoms with van der Waals surface area (Å²) in [5.74, 6) is 0.502. The summed E-state index contributed by atoms with van der Waals surface area (Å²) >= 11 is 0. The molecule has 2 N–H and O–H groups in total. The maximum atomic E-state index is 12.1. The van der Waals surface area contributed by atoms with Crippen molar-refractivity contribution < 1.29 is 22.7 Å². The van der Waals surface area contributed by atoms with E-state index in [1.165, 1.54) is 12.1 Å². The monoisotopic (exact) mass is 392 g/mol. The first kappa shape index (κ1) is 20.7. The van der Waals surface area contributed by atoms with E-state index in [1.54, 1.807) is 63.2 Å². The highest BCUT2D eigenvalue weighted by Gasteiger charge is 2.16. The van der Waals surface area contributed by atoms with Crippen LogP contribution in [0.1, 0.15) is 20.8 Å². The lowest BCUT2D eigenvalue weighted by Crippen LogP contribution is -2.28. The first-order valence-corrected chi connectivity index (χ1v) is 9.92. The Hall–Kier alpha value is -2.58. The van der Waals surface area contributed by atoms with E-state index >= 15 is 0 Å². The van der Waals surface area contributed by atoms with E-state index in [-0.39, 0.29) is 18.0 Å². The van der Waals surface area contributed by atoms with E-state index in [0.29, 0.717) is 11.4 Å². The molecular weight excluding hydrogens is 368 g/mol. The third kappa shape index (κ3) is 7.28. The van der Waals surface area contributed by atoms with Crippen LogP contribution in [0, 0.1) is 0 Å². The maximum absolute atomic E-state index is 12.1. The summed E-state index contributed by atoms with van der Waals surface area (Å²) in [5.41, 5.74) is -0.0692. The van der Waals surface area contributed by atoms with Crippen molar-refractivity contribution in [1.29, 1.82) is 0 Å². The van der Waals surface area contributed by atoms with Gasteiger partial charge in [0.25, 0.3) is 0 Å². The minimum absolute atomic E-state index is 0.112. The molecule has 0 saturated heterocycles. The van der Waals surface area contributed by atoms with Gasteiger partial charge in [-0.1, -0.05) is 24.3 Å². The smallest absolute Gasteiger partial charge is 0.412 e. The highest BCUT2D eigenvalue weighted by atomic mass is 32.2. The number of benzene rings is 2. The van der Waals surface area contributed by atoms with Gasteiger partial charge in [-0.2, -0.15) is 0 Å². The molecule has 0 spiro atoms. The summed E-state index contributed by atoms with van der Waals surface area (Å²) in [6.07, 6.45) is -0.560. The predicted molar refractivity (Wildman–Crippen MR) is 103 cm³/mol. The van der Waals surface area contributed by atoms with E-state index in [9.17, 15) is 13.2 Å². The minimum atomic E-state index is -3.56. The van der Waals surface area contributed by atoms with Crippen LogP contribution in [0.2, 0.25) is 0 Å². The Morgan fingerprint density at radius 3 is 2.41 bits per heavy atom. The molecule has 1 amide bonds. The average molecular weight is 392 g/mol. The molecule has 27 heavy (non-hydrogen) atoms. The van der Waals surface area contributed by atoms with Crippen LogP contribution in [0.15, 0.2) is 59.5 Å². The molecule has 0 fully saturated rings. The van der Waals surface area contributed by atoms with Crippen molar-refractivity contribution in [3.8, 4) is 5.75 Å². The third-order valence-corrected chi connectivity index (χ3v) is 4.67. The molecule has 2 rings (SSSR count). The molecule has 0 saturated carbocycles. The number of amides is 1. The van der Waals surface area contributed by atoms with Crippen LogP contribution in [0.3, 0.4) is 0 Å². The number of ether oxygens (including phenoxy) is 2. The summed E-state index contributed by atoms with van der Waals surface area (Å²) in [5, 5.41) is 2.62. The molecule has 0 atom stereocenters. The molecule has 2 aromatic rings. The zero-order valence-electron chi connectivity index (χ0n) is 15.6. The number of hydrogen-bond donors (Lipinski definition) is 2. The van der Waals surface area contributed by atoms with Crippen LogP contribution in [-0.4, -0.2) is 33.3 Å². The summed E-state index contributed by atoms with van der Waals surface area (Å²) in [4.78, 5) is 12.0. The van der Waals surface area contributed by atoms with E-state index < -0.39 is 21.7 Å². The molecule has 0 aliphatic rings. The lowest BCUT2D eigenvalue weighted by Gasteiger charge is -2.19. The molecule has 0 radical (unpaired) electrons. The fraction of sp³-hybridized carbons (Fsp3) is 0.316. The van der Waals surface area contributed by atoms with Gasteiger partial charge in [0.05, 0.1) is 4.90 Å². The molecule has 0 bridgehead atoms. The van der Waals surface area contributed by atoms with Crippen molar-refractivity contribution in [2.24, 2.45) is 0 Å². The number of nitrogens with one attached hydrogen (secondary N) is 2. The molecular formula is C19H24N2O5S. The van der Waals surface area contributed by atoms with Gasteiger partial charge in [-0.05, 0) is 45.0 Å². The van der Waals surface area contributed by atoms with E-state index in [1.807, 2.05) is 0 Å². The van der Waals surface area contributed by atoms with Gasteiger partial charge in [0.15, 0.2) is 0 Å². The van der Waals surface area contributed by atoms with Crippen molar-refractivity contribution in [3.63, 3.8) is 0 Å². The van der Waals surface area contributed by atoms with Crippen LogP contribution in [-0.2, 0) is 14.8 Å². The molecule has 0 aromatic heterocycles. The maximum Gasteiger partial charge on any atom is 0.412 e. The van der Waals surface area contributed by atoms with Crippen LogP contribution >= 0.6 is 0 Å². The van der Waals surface area contributed by atoms with Gasteiger partial charge in [-0.3, -0.25) is 5.32 Å². The number of sulfonamides is 1. The fourth-order valence-electron chi connectivity index (χ4n) is 2.11. The average Bonchev–Trinajstić information content (AvgIpc) is 2.58. The largest absolute Gasteiger partial charge is 0.492 e. The van der Waals surface area contributed by atoms with Gasteiger partial charge in [-0.15, -0.1) is 0 Å². The molecule has 0 unspecified atom stereocenters. The normalized spacial score (nSPS) is 11.7. The van der Waals surface area contributed by atoms with Crippen molar-refractivity contribution in [2.75, 3.05) is 18.5 Å². The second-order valence-corrected chi connectivity index (χ2v) is 8.48. The Kier molecular flexibility index (Phi) is 6.81. The topological polar surface area (TPSA) is 93.7 Å². The van der Waals surface area contributed by atoms with Gasteiger partial charge in [0.1, 0.15) is 18.0 Å². The zero-order valence-corrected chi connectivity index (χ0v) is 16.4. The first-order chi connectivity index (χ1) is 12.7. The van der Waals surface area contributed by atoms with Crippen molar-refractivity contribution in [3.05, 3.63) is 54.6 Å². The molecule has 146 valence electrons. The molecule has 0 aliphatic heterocycles. The van der Waals surface area contributed by atoms with E-state index in [2.05, 4.69) is 10.0 Å².